The summed E-state index contributed by atoms with van der Waals surface area (Å²) in [5.41, 5.74) is 5.24. The Morgan fingerprint density at radius 1 is 1.08 bits per heavy atom. The normalized spacial score (nSPS) is 18.2. The summed E-state index contributed by atoms with van der Waals surface area (Å²) in [6.07, 6.45) is 6.70. The van der Waals surface area contributed by atoms with Gasteiger partial charge >= 0.3 is 0 Å². The van der Waals surface area contributed by atoms with Crippen LogP contribution in [0.5, 0.6) is 0 Å². The van der Waals surface area contributed by atoms with E-state index in [1.165, 1.54) is 12.8 Å². The third-order valence-electron chi connectivity index (χ3n) is 7.15. The number of amides is 1. The van der Waals surface area contributed by atoms with Gasteiger partial charge in [0.2, 0.25) is 0 Å². The minimum absolute atomic E-state index is 0.0289. The molecule has 6 rings (SSSR count). The van der Waals surface area contributed by atoms with Crippen molar-refractivity contribution in [3.05, 3.63) is 77.7 Å². The van der Waals surface area contributed by atoms with E-state index in [0.717, 1.165) is 40.5 Å². The third-order valence-corrected chi connectivity index (χ3v) is 7.15. The Bertz CT molecular complexity index is 1390. The molecule has 0 bridgehead atoms. The first-order chi connectivity index (χ1) is 17.7. The summed E-state index contributed by atoms with van der Waals surface area (Å²) < 4.78 is 7.21. The van der Waals surface area contributed by atoms with Gasteiger partial charge in [-0.05, 0) is 50.1 Å². The number of rotatable bonds is 5. The van der Waals surface area contributed by atoms with Crippen LogP contribution in [0.15, 0.2) is 60.9 Å². The zero-order valence-electron chi connectivity index (χ0n) is 20.5. The molecule has 4 aromatic rings. The second-order valence-corrected chi connectivity index (χ2v) is 9.58. The highest BCUT2D eigenvalue weighted by molar-refractivity contribution is 5.95. The summed E-state index contributed by atoms with van der Waals surface area (Å²) in [6, 6.07) is 16.6. The number of aromatic nitrogens is 4. The monoisotopic (exact) mass is 482 g/mol. The van der Waals surface area contributed by atoms with E-state index < -0.39 is 0 Å². The van der Waals surface area contributed by atoms with Crippen LogP contribution in [0, 0.1) is 0 Å². The largest absolute Gasteiger partial charge is 0.378 e. The molecule has 0 saturated carbocycles. The van der Waals surface area contributed by atoms with Gasteiger partial charge in [0, 0.05) is 66.9 Å². The number of imidazole rings is 1. The minimum Gasteiger partial charge on any atom is -0.378 e. The van der Waals surface area contributed by atoms with E-state index in [4.69, 9.17) is 14.8 Å². The van der Waals surface area contributed by atoms with Gasteiger partial charge in [0.15, 0.2) is 5.65 Å². The van der Waals surface area contributed by atoms with Gasteiger partial charge in [-0.1, -0.05) is 18.2 Å². The molecule has 0 spiro atoms. The van der Waals surface area contributed by atoms with Crippen molar-refractivity contribution in [2.45, 2.75) is 32.2 Å². The number of carbonyl (C=O) groups is 1. The molecular weight excluding hydrogens is 452 g/mol. The van der Waals surface area contributed by atoms with Crippen LogP contribution in [0.4, 0.5) is 5.82 Å². The lowest BCUT2D eigenvalue weighted by Crippen LogP contribution is -2.40. The Hall–Kier alpha value is -3.78. The fourth-order valence-electron chi connectivity index (χ4n) is 5.21. The summed E-state index contributed by atoms with van der Waals surface area (Å²) in [5.74, 6) is 1.07. The lowest BCUT2D eigenvalue weighted by Gasteiger charge is -2.27. The number of nitrogens with zero attached hydrogens (tertiary/aromatic N) is 6. The maximum Gasteiger partial charge on any atom is 0.254 e. The molecule has 0 N–H and O–H groups in total. The lowest BCUT2D eigenvalue weighted by atomic mass is 10.0. The average molecular weight is 483 g/mol. The molecule has 5 heterocycles. The number of anilines is 1. The van der Waals surface area contributed by atoms with Crippen LogP contribution in [0.3, 0.4) is 0 Å². The first kappa shape index (κ1) is 22.7. The standard InChI is InChI=1S/C28H30N6O2/c1-20-5-4-11-33(20)26-9-3-8-24(30-26)18-23-19-25(31-34-12-10-29-27(23)34)21-6-2-7-22(17-21)28(35)32-13-15-36-16-14-32/h2-3,6-10,12,17,19-20H,4-5,11,13-16,18H2,1H3. The molecule has 184 valence electrons. The molecule has 3 aromatic heterocycles. The van der Waals surface area contributed by atoms with Crippen LogP contribution >= 0.6 is 0 Å². The van der Waals surface area contributed by atoms with E-state index in [1.54, 1.807) is 6.20 Å². The Balaban J connectivity index is 1.32. The molecule has 0 aliphatic carbocycles. The summed E-state index contributed by atoms with van der Waals surface area (Å²) in [7, 11) is 0. The van der Waals surface area contributed by atoms with Crippen LogP contribution in [-0.4, -0.2) is 69.3 Å². The highest BCUT2D eigenvalue weighted by Crippen LogP contribution is 2.26. The number of benzene rings is 1. The van der Waals surface area contributed by atoms with Crippen molar-refractivity contribution in [2.24, 2.45) is 0 Å². The Morgan fingerprint density at radius 3 is 2.78 bits per heavy atom. The first-order valence-electron chi connectivity index (χ1n) is 12.7. The molecule has 2 aliphatic heterocycles. The van der Waals surface area contributed by atoms with Gasteiger partial charge in [-0.3, -0.25) is 4.79 Å². The Labute approximate surface area is 210 Å². The molecule has 1 atom stereocenters. The summed E-state index contributed by atoms with van der Waals surface area (Å²) >= 11 is 0. The Kier molecular flexibility index (Phi) is 6.11. The maximum absolute atomic E-state index is 13.0. The molecule has 8 heteroatoms. The van der Waals surface area contributed by atoms with E-state index in [-0.39, 0.29) is 5.91 Å². The SMILES string of the molecule is CC1CCCN1c1cccc(Cc2cc(-c3cccc(C(=O)N4CCOCC4)c3)nn3ccnc23)n1. The van der Waals surface area contributed by atoms with Crippen molar-refractivity contribution in [3.63, 3.8) is 0 Å². The predicted molar refractivity (Wildman–Crippen MR) is 138 cm³/mol. The molecule has 1 amide bonds. The number of pyridine rings is 1. The van der Waals surface area contributed by atoms with Gasteiger partial charge in [-0.15, -0.1) is 0 Å². The van der Waals surface area contributed by atoms with Gasteiger partial charge < -0.3 is 14.5 Å². The number of fused-ring (bicyclic) bond motifs is 1. The number of hydrogen-bond donors (Lipinski definition) is 0. The number of morpholine rings is 1. The molecule has 1 aromatic carbocycles. The predicted octanol–water partition coefficient (Wildman–Crippen LogP) is 3.84. The van der Waals surface area contributed by atoms with Crippen molar-refractivity contribution in [3.8, 4) is 11.3 Å². The summed E-state index contributed by atoms with van der Waals surface area (Å²) in [4.78, 5) is 26.8. The second kappa shape index (κ2) is 9.70. The molecule has 36 heavy (non-hydrogen) atoms. The minimum atomic E-state index is 0.0289. The van der Waals surface area contributed by atoms with Crippen LogP contribution in [0.1, 0.15) is 41.4 Å². The van der Waals surface area contributed by atoms with Gasteiger partial charge in [0.25, 0.3) is 5.91 Å². The highest BCUT2D eigenvalue weighted by Gasteiger charge is 2.22. The van der Waals surface area contributed by atoms with Crippen molar-refractivity contribution < 1.29 is 9.53 Å². The fourth-order valence-corrected chi connectivity index (χ4v) is 5.21. The van der Waals surface area contributed by atoms with Crippen molar-refractivity contribution >= 4 is 17.4 Å². The molecule has 2 saturated heterocycles. The van der Waals surface area contributed by atoms with Crippen LogP contribution in [0.2, 0.25) is 0 Å². The molecule has 2 fully saturated rings. The van der Waals surface area contributed by atoms with Crippen LogP contribution < -0.4 is 4.90 Å². The molecule has 8 nitrogen and oxygen atoms in total. The topological polar surface area (TPSA) is 75.9 Å². The first-order valence-corrected chi connectivity index (χ1v) is 12.7. The van der Waals surface area contributed by atoms with E-state index in [2.05, 4.69) is 41.1 Å². The summed E-state index contributed by atoms with van der Waals surface area (Å²) in [5, 5.41) is 4.79. The fraction of sp³-hybridized carbons (Fsp3) is 0.357. The molecule has 2 aliphatic rings. The van der Waals surface area contributed by atoms with Gasteiger partial charge in [0.1, 0.15) is 5.82 Å². The number of carbonyl (C=O) groups excluding carboxylic acids is 1. The van der Waals surface area contributed by atoms with Crippen LogP contribution in [0.25, 0.3) is 16.9 Å². The van der Waals surface area contributed by atoms with E-state index in [9.17, 15) is 4.79 Å². The van der Waals surface area contributed by atoms with Gasteiger partial charge in [0.05, 0.1) is 18.9 Å². The molecule has 1 unspecified atom stereocenters. The molecule has 0 radical (unpaired) electrons. The van der Waals surface area contributed by atoms with E-state index >= 15 is 0 Å². The average Bonchev–Trinajstić information content (AvgIpc) is 3.58. The Morgan fingerprint density at radius 2 is 1.94 bits per heavy atom. The lowest BCUT2D eigenvalue weighted by molar-refractivity contribution is 0.0303. The smallest absolute Gasteiger partial charge is 0.254 e. The highest BCUT2D eigenvalue weighted by atomic mass is 16.5. The number of ether oxygens (including phenoxy) is 1. The van der Waals surface area contributed by atoms with Gasteiger partial charge in [-0.25, -0.2) is 14.5 Å². The van der Waals surface area contributed by atoms with Crippen molar-refractivity contribution in [2.75, 3.05) is 37.7 Å². The summed E-state index contributed by atoms with van der Waals surface area (Å²) in [6.45, 7) is 5.73. The second-order valence-electron chi connectivity index (χ2n) is 9.58. The maximum atomic E-state index is 13.0. The molecular formula is C28H30N6O2. The quantitative estimate of drug-likeness (QED) is 0.430. The van der Waals surface area contributed by atoms with Crippen molar-refractivity contribution in [1.29, 1.82) is 0 Å². The zero-order valence-corrected chi connectivity index (χ0v) is 20.5. The zero-order chi connectivity index (χ0) is 24.5. The number of hydrogen-bond acceptors (Lipinski definition) is 6. The van der Waals surface area contributed by atoms with E-state index in [1.807, 2.05) is 39.9 Å². The van der Waals surface area contributed by atoms with Gasteiger partial charge in [-0.2, -0.15) is 5.10 Å². The van der Waals surface area contributed by atoms with Crippen LogP contribution in [-0.2, 0) is 11.2 Å². The third kappa shape index (κ3) is 4.44. The van der Waals surface area contributed by atoms with E-state index in [0.29, 0.717) is 44.3 Å². The van der Waals surface area contributed by atoms with Crippen molar-refractivity contribution in [1.82, 2.24) is 24.5 Å².